The number of hydrogen-bond acceptors (Lipinski definition) is 6. The summed E-state index contributed by atoms with van der Waals surface area (Å²) in [6, 6.07) is 0. The summed E-state index contributed by atoms with van der Waals surface area (Å²) < 4.78 is 9.12. The average molecular weight is 196 g/mol. The van der Waals surface area contributed by atoms with Crippen molar-refractivity contribution in [2.45, 2.75) is 20.3 Å². The Bertz CT molecular complexity index is 408. The van der Waals surface area contributed by atoms with Gasteiger partial charge >= 0.3 is 0 Å². The summed E-state index contributed by atoms with van der Waals surface area (Å²) >= 11 is 1.28. The van der Waals surface area contributed by atoms with Crippen LogP contribution in [0.3, 0.4) is 0 Å². The van der Waals surface area contributed by atoms with Gasteiger partial charge in [0.05, 0.1) is 5.69 Å². The zero-order chi connectivity index (χ0) is 9.26. The van der Waals surface area contributed by atoms with Crippen LogP contribution in [0.1, 0.15) is 18.5 Å². The lowest BCUT2D eigenvalue weighted by Gasteiger charge is -1.89. The Kier molecular flexibility index (Phi) is 2.05. The highest BCUT2D eigenvalue weighted by molar-refractivity contribution is 7.09. The molecule has 0 aromatic carbocycles. The lowest BCUT2D eigenvalue weighted by atomic mass is 10.3. The Morgan fingerprint density at radius 1 is 1.31 bits per heavy atom. The van der Waals surface area contributed by atoms with E-state index in [-0.39, 0.29) is 0 Å². The lowest BCUT2D eigenvalue weighted by Crippen LogP contribution is -1.84. The van der Waals surface area contributed by atoms with Crippen LogP contribution in [0.2, 0.25) is 0 Å². The molecule has 2 rings (SSSR count). The van der Waals surface area contributed by atoms with Crippen LogP contribution in [-0.2, 0) is 6.42 Å². The first-order valence-electron chi connectivity index (χ1n) is 3.93. The van der Waals surface area contributed by atoms with E-state index in [1.54, 1.807) is 6.92 Å². The second kappa shape index (κ2) is 3.21. The van der Waals surface area contributed by atoms with Gasteiger partial charge in [0.15, 0.2) is 0 Å². The minimum Gasteiger partial charge on any atom is -0.420 e. The van der Waals surface area contributed by atoms with Crippen molar-refractivity contribution < 1.29 is 4.42 Å². The first-order valence-corrected chi connectivity index (χ1v) is 4.70. The van der Waals surface area contributed by atoms with Gasteiger partial charge in [-0.2, -0.15) is 0 Å². The molecular weight excluding hydrogens is 188 g/mol. The van der Waals surface area contributed by atoms with Crippen molar-refractivity contribution in [3.8, 4) is 10.8 Å². The number of aromatic nitrogens is 4. The molecule has 0 aliphatic heterocycles. The van der Waals surface area contributed by atoms with Gasteiger partial charge in [0, 0.05) is 6.92 Å². The highest BCUT2D eigenvalue weighted by Crippen LogP contribution is 2.24. The molecule has 2 heterocycles. The molecule has 0 fully saturated rings. The molecule has 0 amide bonds. The SMILES string of the molecule is CCc1nnsc1-c1nnc(C)o1. The highest BCUT2D eigenvalue weighted by atomic mass is 32.1. The first-order chi connectivity index (χ1) is 6.31. The molecule has 2 aromatic heterocycles. The summed E-state index contributed by atoms with van der Waals surface area (Å²) in [6.45, 7) is 3.78. The fourth-order valence-electron chi connectivity index (χ4n) is 0.991. The van der Waals surface area contributed by atoms with Crippen molar-refractivity contribution in [1.29, 1.82) is 0 Å². The largest absolute Gasteiger partial charge is 0.420 e. The number of hydrogen-bond donors (Lipinski definition) is 0. The molecule has 0 N–H and O–H groups in total. The first kappa shape index (κ1) is 8.31. The van der Waals surface area contributed by atoms with Crippen molar-refractivity contribution in [1.82, 2.24) is 19.8 Å². The molecular formula is C7H8N4OS. The van der Waals surface area contributed by atoms with Crippen molar-refractivity contribution in [2.75, 3.05) is 0 Å². The van der Waals surface area contributed by atoms with Gasteiger partial charge in [-0.1, -0.05) is 11.4 Å². The topological polar surface area (TPSA) is 64.7 Å². The molecule has 68 valence electrons. The Labute approximate surface area is 79.0 Å². The van der Waals surface area contributed by atoms with E-state index >= 15 is 0 Å². The standard InChI is InChI=1S/C7H8N4OS/c1-3-5-6(13-11-9-5)7-10-8-4(2)12-7/h3H2,1-2H3. The van der Waals surface area contributed by atoms with Gasteiger partial charge < -0.3 is 4.42 Å². The molecule has 0 radical (unpaired) electrons. The summed E-state index contributed by atoms with van der Waals surface area (Å²) in [4.78, 5) is 0.878. The summed E-state index contributed by atoms with van der Waals surface area (Å²) in [6.07, 6.45) is 0.827. The van der Waals surface area contributed by atoms with E-state index in [1.807, 2.05) is 6.92 Å². The van der Waals surface area contributed by atoms with Crippen molar-refractivity contribution in [2.24, 2.45) is 0 Å². The van der Waals surface area contributed by atoms with Crippen molar-refractivity contribution in [3.05, 3.63) is 11.6 Å². The third-order valence-electron chi connectivity index (χ3n) is 1.61. The van der Waals surface area contributed by atoms with Crippen LogP contribution in [0, 0.1) is 6.92 Å². The summed E-state index contributed by atoms with van der Waals surface area (Å²) in [7, 11) is 0. The molecule has 0 bridgehead atoms. The maximum atomic E-state index is 5.28. The van der Waals surface area contributed by atoms with E-state index in [1.165, 1.54) is 11.5 Å². The molecule has 0 unspecified atom stereocenters. The number of nitrogens with zero attached hydrogens (tertiary/aromatic N) is 4. The Balaban J connectivity index is 2.45. The molecule has 0 aliphatic carbocycles. The van der Waals surface area contributed by atoms with E-state index in [4.69, 9.17) is 4.42 Å². The predicted octanol–water partition coefficient (Wildman–Crippen LogP) is 1.46. The van der Waals surface area contributed by atoms with Crippen LogP contribution in [0.5, 0.6) is 0 Å². The lowest BCUT2D eigenvalue weighted by molar-refractivity contribution is 0.533. The Morgan fingerprint density at radius 2 is 2.15 bits per heavy atom. The Morgan fingerprint density at radius 3 is 2.77 bits per heavy atom. The average Bonchev–Trinajstić information content (AvgIpc) is 2.71. The summed E-state index contributed by atoms with van der Waals surface area (Å²) in [5.41, 5.74) is 0.911. The molecule has 0 spiro atoms. The molecule has 6 heteroatoms. The van der Waals surface area contributed by atoms with E-state index in [0.29, 0.717) is 11.8 Å². The van der Waals surface area contributed by atoms with E-state index in [2.05, 4.69) is 19.8 Å². The van der Waals surface area contributed by atoms with Crippen LogP contribution >= 0.6 is 11.5 Å². The fraction of sp³-hybridized carbons (Fsp3) is 0.429. The molecule has 5 nitrogen and oxygen atoms in total. The number of aryl methyl sites for hydroxylation is 2. The van der Waals surface area contributed by atoms with Gasteiger partial charge in [-0.15, -0.1) is 15.3 Å². The smallest absolute Gasteiger partial charge is 0.261 e. The maximum Gasteiger partial charge on any atom is 0.261 e. The van der Waals surface area contributed by atoms with Crippen molar-refractivity contribution >= 4 is 11.5 Å². The molecule has 13 heavy (non-hydrogen) atoms. The molecule has 0 saturated carbocycles. The van der Waals surface area contributed by atoms with Crippen LogP contribution < -0.4 is 0 Å². The van der Waals surface area contributed by atoms with E-state index < -0.39 is 0 Å². The van der Waals surface area contributed by atoms with Crippen LogP contribution in [0.15, 0.2) is 4.42 Å². The summed E-state index contributed by atoms with van der Waals surface area (Å²) in [5.74, 6) is 1.08. The summed E-state index contributed by atoms with van der Waals surface area (Å²) in [5, 5.41) is 11.6. The Hall–Kier alpha value is -1.30. The van der Waals surface area contributed by atoms with Gasteiger partial charge in [0.1, 0.15) is 4.88 Å². The van der Waals surface area contributed by atoms with Gasteiger partial charge in [-0.25, -0.2) is 0 Å². The van der Waals surface area contributed by atoms with Crippen molar-refractivity contribution in [3.63, 3.8) is 0 Å². The molecule has 0 atom stereocenters. The van der Waals surface area contributed by atoms with E-state index in [9.17, 15) is 0 Å². The third kappa shape index (κ3) is 1.44. The molecule has 0 aliphatic rings. The second-order valence-corrected chi connectivity index (χ2v) is 3.28. The fourth-order valence-corrected chi connectivity index (χ4v) is 1.66. The van der Waals surface area contributed by atoms with E-state index in [0.717, 1.165) is 17.0 Å². The third-order valence-corrected chi connectivity index (χ3v) is 2.37. The minimum atomic E-state index is 0.518. The maximum absolute atomic E-state index is 5.28. The quantitative estimate of drug-likeness (QED) is 0.727. The van der Waals surface area contributed by atoms with Gasteiger partial charge in [-0.05, 0) is 18.0 Å². The van der Waals surface area contributed by atoms with Crippen LogP contribution in [0.4, 0.5) is 0 Å². The number of rotatable bonds is 2. The highest BCUT2D eigenvalue weighted by Gasteiger charge is 2.13. The predicted molar refractivity (Wildman–Crippen MR) is 47.3 cm³/mol. The van der Waals surface area contributed by atoms with Gasteiger partial charge in [0.2, 0.25) is 5.89 Å². The van der Waals surface area contributed by atoms with Gasteiger partial charge in [-0.3, -0.25) is 0 Å². The normalized spacial score (nSPS) is 10.6. The minimum absolute atomic E-state index is 0.518. The zero-order valence-electron chi connectivity index (χ0n) is 7.31. The van der Waals surface area contributed by atoms with Crippen LogP contribution in [0.25, 0.3) is 10.8 Å². The van der Waals surface area contributed by atoms with Crippen LogP contribution in [-0.4, -0.2) is 19.8 Å². The second-order valence-electron chi connectivity index (χ2n) is 2.53. The zero-order valence-corrected chi connectivity index (χ0v) is 8.13. The van der Waals surface area contributed by atoms with Gasteiger partial charge in [0.25, 0.3) is 5.89 Å². The molecule has 2 aromatic rings. The monoisotopic (exact) mass is 196 g/mol. The molecule has 0 saturated heterocycles.